The molecule has 0 atom stereocenters. The third-order valence-corrected chi connectivity index (χ3v) is 2.60. The van der Waals surface area contributed by atoms with Gasteiger partial charge in [0.25, 0.3) is 0 Å². The molecule has 2 rings (SSSR count). The number of aromatic nitrogens is 2. The van der Waals surface area contributed by atoms with Gasteiger partial charge in [-0.2, -0.15) is 5.10 Å². The molecule has 1 aromatic heterocycles. The molecular formula is C13H17N3. The molecule has 0 aliphatic heterocycles. The minimum atomic E-state index is 0.732. The van der Waals surface area contributed by atoms with Crippen LogP contribution in [0.5, 0.6) is 0 Å². The van der Waals surface area contributed by atoms with Crippen molar-refractivity contribution >= 4 is 0 Å². The zero-order valence-electron chi connectivity index (χ0n) is 9.56. The summed E-state index contributed by atoms with van der Waals surface area (Å²) in [6.07, 6.45) is 6.00. The van der Waals surface area contributed by atoms with Crippen LogP contribution in [0.2, 0.25) is 0 Å². The lowest BCUT2D eigenvalue weighted by Crippen LogP contribution is -1.99. The monoisotopic (exact) mass is 215 g/mol. The molecule has 0 fully saturated rings. The highest BCUT2D eigenvalue weighted by molar-refractivity contribution is 5.33. The van der Waals surface area contributed by atoms with Gasteiger partial charge in [0.2, 0.25) is 0 Å². The van der Waals surface area contributed by atoms with Crippen molar-refractivity contribution in [3.63, 3.8) is 0 Å². The van der Waals surface area contributed by atoms with E-state index in [1.165, 1.54) is 11.1 Å². The summed E-state index contributed by atoms with van der Waals surface area (Å²) in [6, 6.07) is 8.34. The molecule has 2 aromatic rings. The normalized spacial score (nSPS) is 10.6. The van der Waals surface area contributed by atoms with Gasteiger partial charge >= 0.3 is 0 Å². The number of rotatable bonds is 4. The highest BCUT2D eigenvalue weighted by Crippen LogP contribution is 2.10. The van der Waals surface area contributed by atoms with Crippen molar-refractivity contribution < 1.29 is 0 Å². The number of hydrogen-bond acceptors (Lipinski definition) is 2. The van der Waals surface area contributed by atoms with E-state index >= 15 is 0 Å². The number of nitrogens with zero attached hydrogens (tertiary/aromatic N) is 2. The van der Waals surface area contributed by atoms with Crippen LogP contribution in [-0.2, 0) is 6.42 Å². The Morgan fingerprint density at radius 3 is 2.69 bits per heavy atom. The Morgan fingerprint density at radius 1 is 1.25 bits per heavy atom. The number of nitrogens with two attached hydrogens (primary N) is 1. The molecule has 16 heavy (non-hydrogen) atoms. The van der Waals surface area contributed by atoms with Gasteiger partial charge in [-0.05, 0) is 44.0 Å². The molecule has 0 aliphatic rings. The number of benzene rings is 1. The highest BCUT2D eigenvalue weighted by Gasteiger charge is 2.00. The standard InChI is InChI=1S/C13H17N3/c1-11-4-6-13(7-5-11)16-10-12(9-15-16)3-2-8-14/h4-7,9-10H,2-3,8,14H2,1H3. The van der Waals surface area contributed by atoms with Crippen LogP contribution in [0.25, 0.3) is 5.69 Å². The summed E-state index contributed by atoms with van der Waals surface area (Å²) >= 11 is 0. The Hall–Kier alpha value is -1.61. The summed E-state index contributed by atoms with van der Waals surface area (Å²) in [4.78, 5) is 0. The van der Waals surface area contributed by atoms with Gasteiger partial charge in [0, 0.05) is 6.20 Å². The maximum atomic E-state index is 5.48. The van der Waals surface area contributed by atoms with Crippen LogP contribution in [0.4, 0.5) is 0 Å². The Balaban J connectivity index is 2.15. The SMILES string of the molecule is Cc1ccc(-n2cc(CCCN)cn2)cc1. The van der Waals surface area contributed by atoms with Crippen LogP contribution < -0.4 is 5.73 Å². The van der Waals surface area contributed by atoms with Gasteiger partial charge in [0.15, 0.2) is 0 Å². The largest absolute Gasteiger partial charge is 0.330 e. The predicted molar refractivity (Wildman–Crippen MR) is 65.7 cm³/mol. The summed E-state index contributed by atoms with van der Waals surface area (Å²) in [5, 5.41) is 4.34. The first-order chi connectivity index (χ1) is 7.79. The maximum Gasteiger partial charge on any atom is 0.0645 e. The van der Waals surface area contributed by atoms with E-state index in [1.54, 1.807) is 0 Å². The Morgan fingerprint density at radius 2 is 2.00 bits per heavy atom. The average Bonchev–Trinajstić information content (AvgIpc) is 2.76. The fraction of sp³-hybridized carbons (Fsp3) is 0.308. The lowest BCUT2D eigenvalue weighted by molar-refractivity contribution is 0.831. The molecule has 84 valence electrons. The zero-order chi connectivity index (χ0) is 11.4. The summed E-state index contributed by atoms with van der Waals surface area (Å²) in [5.74, 6) is 0. The summed E-state index contributed by atoms with van der Waals surface area (Å²) in [5.41, 5.74) is 9.09. The molecule has 0 spiro atoms. The summed E-state index contributed by atoms with van der Waals surface area (Å²) in [7, 11) is 0. The molecule has 0 unspecified atom stereocenters. The van der Waals surface area contributed by atoms with E-state index < -0.39 is 0 Å². The van der Waals surface area contributed by atoms with E-state index in [-0.39, 0.29) is 0 Å². The van der Waals surface area contributed by atoms with Crippen LogP contribution in [0.15, 0.2) is 36.7 Å². The zero-order valence-corrected chi connectivity index (χ0v) is 9.56. The van der Waals surface area contributed by atoms with E-state index in [0.717, 1.165) is 25.1 Å². The van der Waals surface area contributed by atoms with E-state index in [9.17, 15) is 0 Å². The second-order valence-corrected chi connectivity index (χ2v) is 4.02. The first kappa shape index (κ1) is 10.9. The van der Waals surface area contributed by atoms with E-state index in [0.29, 0.717) is 0 Å². The lowest BCUT2D eigenvalue weighted by atomic mass is 10.2. The smallest absolute Gasteiger partial charge is 0.0645 e. The molecule has 0 saturated carbocycles. The van der Waals surface area contributed by atoms with Gasteiger partial charge in [0.05, 0.1) is 11.9 Å². The van der Waals surface area contributed by atoms with Crippen LogP contribution >= 0.6 is 0 Å². The van der Waals surface area contributed by atoms with Crippen molar-refractivity contribution in [3.8, 4) is 5.69 Å². The van der Waals surface area contributed by atoms with Crippen LogP contribution in [0.3, 0.4) is 0 Å². The molecule has 1 aromatic carbocycles. The minimum Gasteiger partial charge on any atom is -0.330 e. The quantitative estimate of drug-likeness (QED) is 0.848. The maximum absolute atomic E-state index is 5.48. The van der Waals surface area contributed by atoms with Gasteiger partial charge in [-0.25, -0.2) is 4.68 Å². The molecule has 0 aliphatic carbocycles. The van der Waals surface area contributed by atoms with Gasteiger partial charge in [-0.15, -0.1) is 0 Å². The summed E-state index contributed by atoms with van der Waals surface area (Å²) in [6.45, 7) is 2.81. The molecule has 2 N–H and O–H groups in total. The van der Waals surface area contributed by atoms with E-state index in [4.69, 9.17) is 5.73 Å². The lowest BCUT2D eigenvalue weighted by Gasteiger charge is -2.00. The highest BCUT2D eigenvalue weighted by atomic mass is 15.3. The number of aryl methyl sites for hydroxylation is 2. The number of hydrogen-bond donors (Lipinski definition) is 1. The topological polar surface area (TPSA) is 43.8 Å². The minimum absolute atomic E-state index is 0.732. The van der Waals surface area contributed by atoms with Crippen LogP contribution in [0, 0.1) is 6.92 Å². The molecular weight excluding hydrogens is 198 g/mol. The van der Waals surface area contributed by atoms with Crippen molar-refractivity contribution in [1.29, 1.82) is 0 Å². The van der Waals surface area contributed by atoms with Crippen molar-refractivity contribution in [3.05, 3.63) is 47.8 Å². The van der Waals surface area contributed by atoms with Crippen molar-refractivity contribution in [2.24, 2.45) is 5.73 Å². The first-order valence-electron chi connectivity index (χ1n) is 5.60. The third-order valence-electron chi connectivity index (χ3n) is 2.60. The van der Waals surface area contributed by atoms with Crippen molar-refractivity contribution in [1.82, 2.24) is 9.78 Å². The molecule has 1 heterocycles. The Kier molecular flexibility index (Phi) is 3.37. The van der Waals surface area contributed by atoms with Crippen LogP contribution in [-0.4, -0.2) is 16.3 Å². The fourth-order valence-corrected chi connectivity index (χ4v) is 1.63. The van der Waals surface area contributed by atoms with E-state index in [1.807, 2.05) is 10.9 Å². The summed E-state index contributed by atoms with van der Waals surface area (Å²) < 4.78 is 1.91. The van der Waals surface area contributed by atoms with Gasteiger partial charge in [-0.1, -0.05) is 17.7 Å². The van der Waals surface area contributed by atoms with Gasteiger partial charge < -0.3 is 5.73 Å². The first-order valence-corrected chi connectivity index (χ1v) is 5.60. The molecule has 0 saturated heterocycles. The second-order valence-electron chi connectivity index (χ2n) is 4.02. The van der Waals surface area contributed by atoms with Crippen molar-refractivity contribution in [2.45, 2.75) is 19.8 Å². The Labute approximate surface area is 95.9 Å². The molecule has 3 nitrogen and oxygen atoms in total. The third kappa shape index (κ3) is 2.49. The second kappa shape index (κ2) is 4.94. The fourth-order valence-electron chi connectivity index (χ4n) is 1.63. The van der Waals surface area contributed by atoms with Gasteiger partial charge in [0.1, 0.15) is 0 Å². The molecule has 0 bridgehead atoms. The Bertz CT molecular complexity index is 442. The molecule has 0 amide bonds. The average molecular weight is 215 g/mol. The molecule has 3 heteroatoms. The van der Waals surface area contributed by atoms with Crippen molar-refractivity contribution in [2.75, 3.05) is 6.54 Å². The van der Waals surface area contributed by atoms with E-state index in [2.05, 4.69) is 42.5 Å². The van der Waals surface area contributed by atoms with Gasteiger partial charge in [-0.3, -0.25) is 0 Å². The molecule has 0 radical (unpaired) electrons. The van der Waals surface area contributed by atoms with Crippen LogP contribution in [0.1, 0.15) is 17.5 Å². The predicted octanol–water partition coefficient (Wildman–Crippen LogP) is 2.07.